The second-order valence-electron chi connectivity index (χ2n) is 14.9. The van der Waals surface area contributed by atoms with Crippen LogP contribution in [0.2, 0.25) is 0 Å². The number of benzene rings is 10. The highest BCUT2D eigenvalue weighted by Gasteiger charge is 2.20. The van der Waals surface area contributed by atoms with Crippen LogP contribution in [0.4, 0.5) is 17.1 Å². The molecule has 272 valence electrons. The van der Waals surface area contributed by atoms with Gasteiger partial charge in [0.15, 0.2) is 0 Å². The molecule has 0 spiro atoms. The van der Waals surface area contributed by atoms with E-state index in [1.54, 1.807) is 0 Å². The van der Waals surface area contributed by atoms with Crippen molar-refractivity contribution in [2.75, 3.05) is 4.90 Å². The molecule has 0 aliphatic carbocycles. The first-order chi connectivity index (χ1) is 28.8. The molecular formula is C56H38N2. The van der Waals surface area contributed by atoms with Crippen LogP contribution in [0.5, 0.6) is 0 Å². The summed E-state index contributed by atoms with van der Waals surface area (Å²) < 4.78 is 2.47. The van der Waals surface area contributed by atoms with Crippen LogP contribution in [0.25, 0.3) is 82.4 Å². The summed E-state index contributed by atoms with van der Waals surface area (Å²) >= 11 is 0. The summed E-state index contributed by atoms with van der Waals surface area (Å²) in [7, 11) is 0. The molecule has 0 saturated heterocycles. The maximum Gasteiger partial charge on any atom is 0.0625 e. The van der Waals surface area contributed by atoms with Gasteiger partial charge in [-0.15, -0.1) is 0 Å². The maximum atomic E-state index is 2.47. The van der Waals surface area contributed by atoms with Gasteiger partial charge in [0.1, 0.15) is 0 Å². The van der Waals surface area contributed by atoms with E-state index in [0.717, 1.165) is 22.7 Å². The van der Waals surface area contributed by atoms with Gasteiger partial charge in [-0.3, -0.25) is 0 Å². The van der Waals surface area contributed by atoms with E-state index in [1.807, 2.05) is 0 Å². The predicted octanol–water partition coefficient (Wildman–Crippen LogP) is 15.6. The zero-order chi connectivity index (χ0) is 38.4. The monoisotopic (exact) mass is 738 g/mol. The van der Waals surface area contributed by atoms with Gasteiger partial charge in [0.05, 0.1) is 11.0 Å². The number of hydrogen-bond donors (Lipinski definition) is 0. The fourth-order valence-electron chi connectivity index (χ4n) is 8.82. The summed E-state index contributed by atoms with van der Waals surface area (Å²) in [6.45, 7) is 0. The van der Waals surface area contributed by atoms with Gasteiger partial charge in [-0.2, -0.15) is 0 Å². The molecule has 0 saturated carbocycles. The Balaban J connectivity index is 1.04. The van der Waals surface area contributed by atoms with Crippen molar-refractivity contribution in [3.63, 3.8) is 0 Å². The van der Waals surface area contributed by atoms with E-state index in [1.165, 1.54) is 76.7 Å². The summed E-state index contributed by atoms with van der Waals surface area (Å²) in [4.78, 5) is 2.35. The zero-order valence-corrected chi connectivity index (χ0v) is 31.8. The number of anilines is 3. The van der Waals surface area contributed by atoms with Crippen LogP contribution >= 0.6 is 0 Å². The molecule has 0 aliphatic rings. The Kier molecular flexibility index (Phi) is 8.19. The molecule has 58 heavy (non-hydrogen) atoms. The molecule has 2 nitrogen and oxygen atoms in total. The fourth-order valence-corrected chi connectivity index (χ4v) is 8.82. The maximum absolute atomic E-state index is 2.47. The Labute approximate surface area is 338 Å². The molecule has 2 heteroatoms. The van der Waals surface area contributed by atoms with Gasteiger partial charge in [-0.05, 0) is 104 Å². The summed E-state index contributed by atoms with van der Waals surface area (Å²) in [5, 5.41) is 7.65. The van der Waals surface area contributed by atoms with Crippen molar-refractivity contribution in [3.05, 3.63) is 231 Å². The smallest absolute Gasteiger partial charge is 0.0625 e. The summed E-state index contributed by atoms with van der Waals surface area (Å²) in [6, 6.07) is 83.5. The van der Waals surface area contributed by atoms with Gasteiger partial charge in [-0.25, -0.2) is 0 Å². The number of fused-ring (bicyclic) bond motifs is 8. The van der Waals surface area contributed by atoms with Gasteiger partial charge in [-0.1, -0.05) is 176 Å². The molecule has 0 aliphatic heterocycles. The van der Waals surface area contributed by atoms with Crippen LogP contribution < -0.4 is 4.90 Å². The molecule has 10 aromatic carbocycles. The van der Waals surface area contributed by atoms with Crippen LogP contribution in [-0.2, 0) is 0 Å². The molecular weight excluding hydrogens is 701 g/mol. The molecule has 0 amide bonds. The third-order valence-electron chi connectivity index (χ3n) is 11.6. The molecule has 0 N–H and O–H groups in total. The first-order valence-corrected chi connectivity index (χ1v) is 19.9. The molecule has 0 radical (unpaired) electrons. The molecule has 11 rings (SSSR count). The number of nitrogens with zero attached hydrogens (tertiary/aromatic N) is 2. The molecule has 11 aromatic rings. The topological polar surface area (TPSA) is 8.17 Å². The number of para-hydroxylation sites is 1. The highest BCUT2D eigenvalue weighted by atomic mass is 15.1. The minimum Gasteiger partial charge on any atom is -0.311 e. The van der Waals surface area contributed by atoms with Gasteiger partial charge >= 0.3 is 0 Å². The average Bonchev–Trinajstić information content (AvgIpc) is 3.66. The number of aromatic nitrogens is 1. The molecule has 1 heterocycles. The van der Waals surface area contributed by atoms with E-state index in [2.05, 4.69) is 240 Å². The third-order valence-corrected chi connectivity index (χ3v) is 11.6. The van der Waals surface area contributed by atoms with E-state index in [-0.39, 0.29) is 0 Å². The number of rotatable bonds is 7. The van der Waals surface area contributed by atoms with Gasteiger partial charge in [0, 0.05) is 38.9 Å². The molecule has 0 fully saturated rings. The highest BCUT2D eigenvalue weighted by molar-refractivity contribution is 6.32. The Hall–Kier alpha value is -7.68. The average molecular weight is 739 g/mol. The van der Waals surface area contributed by atoms with E-state index < -0.39 is 0 Å². The Morgan fingerprint density at radius 3 is 1.17 bits per heavy atom. The second kappa shape index (κ2) is 14.1. The summed E-state index contributed by atoms with van der Waals surface area (Å²) in [5.41, 5.74) is 14.1. The Morgan fingerprint density at radius 1 is 0.276 bits per heavy atom. The third kappa shape index (κ3) is 5.74. The number of hydrogen-bond acceptors (Lipinski definition) is 1. The van der Waals surface area contributed by atoms with Crippen molar-refractivity contribution >= 4 is 60.4 Å². The molecule has 0 atom stereocenters. The van der Waals surface area contributed by atoms with Crippen LogP contribution in [0.1, 0.15) is 0 Å². The normalized spacial score (nSPS) is 11.4. The van der Waals surface area contributed by atoms with E-state index in [0.29, 0.717) is 0 Å². The lowest BCUT2D eigenvalue weighted by atomic mass is 9.96. The highest BCUT2D eigenvalue weighted by Crippen LogP contribution is 2.44. The second-order valence-corrected chi connectivity index (χ2v) is 14.9. The van der Waals surface area contributed by atoms with E-state index >= 15 is 0 Å². The first kappa shape index (κ1) is 33.6. The van der Waals surface area contributed by atoms with Crippen LogP contribution in [-0.4, -0.2) is 4.57 Å². The van der Waals surface area contributed by atoms with Crippen LogP contribution in [0.15, 0.2) is 231 Å². The first-order valence-electron chi connectivity index (χ1n) is 19.9. The minimum absolute atomic E-state index is 1.10. The van der Waals surface area contributed by atoms with E-state index in [4.69, 9.17) is 0 Å². The Bertz CT molecular complexity index is 3140. The lowest BCUT2D eigenvalue weighted by Gasteiger charge is -2.26. The standard InChI is InChI=1S/C56H38N2/c1-4-14-39(15-5-1)41-24-31-46(32-25-41)57(47-33-26-42(27-34-47)40-16-6-2-7-17-40)48-35-28-43(29-36-48)44-30-37-53-54(38-44)58(45-18-8-3-9-19-45)56-52-23-13-11-21-50(52)49-20-10-12-22-51(49)55(53)56/h1-38H. The quantitative estimate of drug-likeness (QED) is 0.148. The SMILES string of the molecule is c1ccc(-c2ccc(N(c3ccc(-c4ccccc4)cc3)c3ccc(-c4ccc5c6c7ccccc7c7ccccc7c6n(-c6ccccc6)c5c4)cc3)cc2)cc1. The predicted molar refractivity (Wildman–Crippen MR) is 247 cm³/mol. The van der Waals surface area contributed by atoms with Crippen molar-refractivity contribution in [3.8, 4) is 39.1 Å². The minimum atomic E-state index is 1.10. The largest absolute Gasteiger partial charge is 0.311 e. The zero-order valence-electron chi connectivity index (χ0n) is 31.8. The van der Waals surface area contributed by atoms with Gasteiger partial charge in [0.25, 0.3) is 0 Å². The molecule has 1 aromatic heterocycles. The van der Waals surface area contributed by atoms with Crippen molar-refractivity contribution in [2.45, 2.75) is 0 Å². The lowest BCUT2D eigenvalue weighted by Crippen LogP contribution is -2.09. The van der Waals surface area contributed by atoms with Crippen molar-refractivity contribution in [1.82, 2.24) is 4.57 Å². The summed E-state index contributed by atoms with van der Waals surface area (Å²) in [5.74, 6) is 0. The van der Waals surface area contributed by atoms with Gasteiger partial charge < -0.3 is 9.47 Å². The van der Waals surface area contributed by atoms with E-state index in [9.17, 15) is 0 Å². The van der Waals surface area contributed by atoms with Crippen LogP contribution in [0.3, 0.4) is 0 Å². The van der Waals surface area contributed by atoms with Crippen molar-refractivity contribution in [1.29, 1.82) is 0 Å². The lowest BCUT2D eigenvalue weighted by molar-refractivity contribution is 1.19. The Morgan fingerprint density at radius 2 is 0.655 bits per heavy atom. The van der Waals surface area contributed by atoms with Gasteiger partial charge in [0.2, 0.25) is 0 Å². The molecule has 0 bridgehead atoms. The fraction of sp³-hybridized carbons (Fsp3) is 0. The molecule has 0 unspecified atom stereocenters. The summed E-state index contributed by atoms with van der Waals surface area (Å²) in [6.07, 6.45) is 0. The van der Waals surface area contributed by atoms with Crippen molar-refractivity contribution in [2.24, 2.45) is 0 Å². The van der Waals surface area contributed by atoms with Crippen LogP contribution in [0, 0.1) is 0 Å². The van der Waals surface area contributed by atoms with Crippen molar-refractivity contribution < 1.29 is 0 Å².